The molecule has 1 aliphatic heterocycles. The van der Waals surface area contributed by atoms with Crippen LogP contribution < -0.4 is 5.32 Å². The van der Waals surface area contributed by atoms with Crippen LogP contribution in [0.1, 0.15) is 35.1 Å². The second-order valence-corrected chi connectivity index (χ2v) is 3.72. The van der Waals surface area contributed by atoms with Gasteiger partial charge in [0, 0.05) is 5.92 Å². The highest BCUT2D eigenvalue weighted by Crippen LogP contribution is 2.26. The van der Waals surface area contributed by atoms with Gasteiger partial charge in [-0.25, -0.2) is 4.79 Å². The quantitative estimate of drug-likeness (QED) is 0.810. The van der Waals surface area contributed by atoms with Crippen molar-refractivity contribution in [3.63, 3.8) is 0 Å². The second kappa shape index (κ2) is 5.92. The van der Waals surface area contributed by atoms with E-state index in [1.165, 1.54) is 7.11 Å². The van der Waals surface area contributed by atoms with Crippen molar-refractivity contribution < 1.29 is 13.9 Å². The number of hydrogen-bond donors (Lipinski definition) is 1. The largest absolute Gasteiger partial charge is 0.463 e. The van der Waals surface area contributed by atoms with Crippen molar-refractivity contribution >= 4 is 18.4 Å². The molecule has 0 saturated carbocycles. The van der Waals surface area contributed by atoms with E-state index in [4.69, 9.17) is 4.42 Å². The van der Waals surface area contributed by atoms with E-state index in [9.17, 15) is 4.79 Å². The number of carbonyl (C=O) groups is 1. The van der Waals surface area contributed by atoms with Crippen molar-refractivity contribution in [3.05, 3.63) is 23.7 Å². The van der Waals surface area contributed by atoms with Gasteiger partial charge in [0.25, 0.3) is 0 Å². The number of piperidine rings is 1. The first-order valence-corrected chi connectivity index (χ1v) is 5.20. The molecule has 2 rings (SSSR count). The fourth-order valence-corrected chi connectivity index (χ4v) is 1.89. The van der Waals surface area contributed by atoms with E-state index in [0.717, 1.165) is 31.7 Å². The molecule has 0 radical (unpaired) electrons. The van der Waals surface area contributed by atoms with Crippen molar-refractivity contribution in [1.82, 2.24) is 5.32 Å². The summed E-state index contributed by atoms with van der Waals surface area (Å²) >= 11 is 0. The molecule has 1 aromatic rings. The normalized spacial score (nSPS) is 16.6. The third-order valence-corrected chi connectivity index (χ3v) is 2.75. The lowest BCUT2D eigenvalue weighted by atomic mass is 9.96. The SMILES string of the molecule is COC(=O)c1ccc(C2CCNCC2)o1.Cl. The molecule has 5 heteroatoms. The molecule has 0 bridgehead atoms. The molecule has 0 spiro atoms. The van der Waals surface area contributed by atoms with E-state index in [1.807, 2.05) is 6.07 Å². The van der Waals surface area contributed by atoms with Gasteiger partial charge < -0.3 is 14.5 Å². The number of esters is 1. The molecular formula is C11H16ClNO3. The number of rotatable bonds is 2. The highest BCUT2D eigenvalue weighted by atomic mass is 35.5. The Kier molecular flexibility index (Phi) is 4.83. The molecule has 4 nitrogen and oxygen atoms in total. The van der Waals surface area contributed by atoms with Crippen LogP contribution in [0, 0.1) is 0 Å². The molecule has 1 N–H and O–H groups in total. The summed E-state index contributed by atoms with van der Waals surface area (Å²) in [7, 11) is 1.36. The topological polar surface area (TPSA) is 51.5 Å². The average molecular weight is 246 g/mol. The fourth-order valence-electron chi connectivity index (χ4n) is 1.89. The smallest absolute Gasteiger partial charge is 0.373 e. The molecule has 1 saturated heterocycles. The Labute approximate surface area is 101 Å². The van der Waals surface area contributed by atoms with Crippen molar-refractivity contribution in [2.24, 2.45) is 0 Å². The van der Waals surface area contributed by atoms with E-state index < -0.39 is 5.97 Å². The summed E-state index contributed by atoms with van der Waals surface area (Å²) < 4.78 is 10.1. The number of halogens is 1. The van der Waals surface area contributed by atoms with Gasteiger partial charge in [-0.05, 0) is 38.1 Å². The van der Waals surface area contributed by atoms with Crippen LogP contribution >= 0.6 is 12.4 Å². The Morgan fingerprint density at radius 2 is 2.12 bits per heavy atom. The van der Waals surface area contributed by atoms with Gasteiger partial charge in [0.05, 0.1) is 7.11 Å². The highest BCUT2D eigenvalue weighted by Gasteiger charge is 2.20. The first kappa shape index (κ1) is 13.1. The summed E-state index contributed by atoms with van der Waals surface area (Å²) in [6.45, 7) is 2.03. The molecule has 16 heavy (non-hydrogen) atoms. The van der Waals surface area contributed by atoms with Crippen LogP contribution in [0.25, 0.3) is 0 Å². The summed E-state index contributed by atoms with van der Waals surface area (Å²) in [6, 6.07) is 3.56. The number of hydrogen-bond acceptors (Lipinski definition) is 4. The highest BCUT2D eigenvalue weighted by molar-refractivity contribution is 5.86. The zero-order valence-corrected chi connectivity index (χ0v) is 10.0. The lowest BCUT2D eigenvalue weighted by molar-refractivity contribution is 0.0562. The first-order chi connectivity index (χ1) is 7.31. The molecule has 0 unspecified atom stereocenters. The summed E-state index contributed by atoms with van der Waals surface area (Å²) in [5, 5.41) is 3.29. The van der Waals surface area contributed by atoms with Crippen LogP contribution in [0.2, 0.25) is 0 Å². The molecule has 1 aliphatic rings. The summed E-state index contributed by atoms with van der Waals surface area (Å²) in [5.74, 6) is 1.22. The van der Waals surface area contributed by atoms with Gasteiger partial charge in [0.1, 0.15) is 5.76 Å². The standard InChI is InChI=1S/C11H15NO3.ClH/c1-14-11(13)10-3-2-9(15-10)8-4-6-12-7-5-8;/h2-3,8,12H,4-7H2,1H3;1H. The van der Waals surface area contributed by atoms with Crippen LogP contribution in [-0.4, -0.2) is 26.2 Å². The van der Waals surface area contributed by atoms with Crippen LogP contribution in [-0.2, 0) is 4.74 Å². The Bertz CT molecular complexity index is 345. The first-order valence-electron chi connectivity index (χ1n) is 5.20. The van der Waals surface area contributed by atoms with Gasteiger partial charge in [0.2, 0.25) is 5.76 Å². The molecular weight excluding hydrogens is 230 g/mol. The third kappa shape index (κ3) is 2.77. The summed E-state index contributed by atoms with van der Waals surface area (Å²) in [6.07, 6.45) is 2.13. The average Bonchev–Trinajstić information content (AvgIpc) is 2.78. The molecule has 90 valence electrons. The fraction of sp³-hybridized carbons (Fsp3) is 0.545. The maximum absolute atomic E-state index is 11.2. The number of nitrogens with one attached hydrogen (secondary N) is 1. The number of ether oxygens (including phenoxy) is 1. The van der Waals surface area contributed by atoms with Crippen LogP contribution in [0.3, 0.4) is 0 Å². The van der Waals surface area contributed by atoms with Gasteiger partial charge in [-0.15, -0.1) is 12.4 Å². The molecule has 0 amide bonds. The Balaban J connectivity index is 0.00000128. The number of carbonyl (C=O) groups excluding carboxylic acids is 1. The van der Waals surface area contributed by atoms with E-state index in [1.54, 1.807) is 6.07 Å². The van der Waals surface area contributed by atoms with Crippen molar-refractivity contribution in [3.8, 4) is 0 Å². The van der Waals surface area contributed by atoms with Gasteiger partial charge in [-0.2, -0.15) is 0 Å². The molecule has 0 aromatic carbocycles. The lowest BCUT2D eigenvalue weighted by Crippen LogP contribution is -2.26. The molecule has 1 aromatic heterocycles. The van der Waals surface area contributed by atoms with Crippen LogP contribution in [0.5, 0.6) is 0 Å². The van der Waals surface area contributed by atoms with Crippen molar-refractivity contribution in [2.45, 2.75) is 18.8 Å². The minimum atomic E-state index is -0.407. The predicted octanol–water partition coefficient (Wildman–Crippen LogP) is 1.95. The Hall–Kier alpha value is -1.00. The van der Waals surface area contributed by atoms with E-state index >= 15 is 0 Å². The minimum Gasteiger partial charge on any atom is -0.463 e. The second-order valence-electron chi connectivity index (χ2n) is 3.72. The maximum Gasteiger partial charge on any atom is 0.373 e. The van der Waals surface area contributed by atoms with Crippen LogP contribution in [0.4, 0.5) is 0 Å². The monoisotopic (exact) mass is 245 g/mol. The molecule has 1 fully saturated rings. The maximum atomic E-state index is 11.2. The van der Waals surface area contributed by atoms with E-state index in [0.29, 0.717) is 11.7 Å². The summed E-state index contributed by atoms with van der Waals surface area (Å²) in [4.78, 5) is 11.2. The van der Waals surface area contributed by atoms with Gasteiger partial charge in [-0.1, -0.05) is 0 Å². The third-order valence-electron chi connectivity index (χ3n) is 2.75. The molecule has 2 heterocycles. The van der Waals surface area contributed by atoms with Crippen molar-refractivity contribution in [2.75, 3.05) is 20.2 Å². The minimum absolute atomic E-state index is 0. The van der Waals surface area contributed by atoms with Gasteiger partial charge in [-0.3, -0.25) is 0 Å². The summed E-state index contributed by atoms with van der Waals surface area (Å²) in [5.41, 5.74) is 0. The predicted molar refractivity (Wildman–Crippen MR) is 62.1 cm³/mol. The Morgan fingerprint density at radius 1 is 1.44 bits per heavy atom. The van der Waals surface area contributed by atoms with Crippen molar-refractivity contribution in [1.29, 1.82) is 0 Å². The zero-order chi connectivity index (χ0) is 10.7. The number of furan rings is 1. The molecule has 0 atom stereocenters. The molecule has 0 aliphatic carbocycles. The van der Waals surface area contributed by atoms with E-state index in [2.05, 4.69) is 10.1 Å². The van der Waals surface area contributed by atoms with Crippen LogP contribution in [0.15, 0.2) is 16.5 Å². The van der Waals surface area contributed by atoms with Gasteiger partial charge in [0.15, 0.2) is 0 Å². The van der Waals surface area contributed by atoms with E-state index in [-0.39, 0.29) is 12.4 Å². The zero-order valence-electron chi connectivity index (χ0n) is 9.19. The Morgan fingerprint density at radius 3 is 2.75 bits per heavy atom. The van der Waals surface area contributed by atoms with Gasteiger partial charge >= 0.3 is 5.97 Å². The lowest BCUT2D eigenvalue weighted by Gasteiger charge is -2.20. The number of methoxy groups -OCH3 is 1.